The minimum Gasteiger partial charge on any atom is -0.348 e. The van der Waals surface area contributed by atoms with Crippen LogP contribution in [0.2, 0.25) is 5.02 Å². The largest absolute Gasteiger partial charge is 0.348 e. The molecule has 162 valence electrons. The van der Waals surface area contributed by atoms with Crippen LogP contribution in [0.4, 0.5) is 0 Å². The molecule has 4 aromatic rings. The Labute approximate surface area is 190 Å². The molecule has 0 aliphatic carbocycles. The number of nitrogens with zero attached hydrogens (tertiary/aromatic N) is 4. The van der Waals surface area contributed by atoms with E-state index in [4.69, 9.17) is 11.6 Å². The van der Waals surface area contributed by atoms with Gasteiger partial charge in [0, 0.05) is 35.7 Å². The van der Waals surface area contributed by atoms with Crippen molar-refractivity contribution >= 4 is 17.5 Å². The van der Waals surface area contributed by atoms with E-state index in [9.17, 15) is 9.59 Å². The molecule has 0 atom stereocenters. The van der Waals surface area contributed by atoms with Gasteiger partial charge in [0.15, 0.2) is 5.82 Å². The summed E-state index contributed by atoms with van der Waals surface area (Å²) in [5, 5.41) is 7.87. The SMILES string of the molecule is Cc1cc(C)n(-c2ccc(CNC(=O)c3ccc(=O)n(Cc4ccccc4Cl)c3)cn2)n1. The van der Waals surface area contributed by atoms with E-state index in [0.29, 0.717) is 17.1 Å². The smallest absolute Gasteiger partial charge is 0.253 e. The Morgan fingerprint density at radius 2 is 1.91 bits per heavy atom. The topological polar surface area (TPSA) is 81.8 Å². The van der Waals surface area contributed by atoms with Crippen molar-refractivity contribution < 1.29 is 4.79 Å². The number of carbonyl (C=O) groups excluding carboxylic acids is 1. The van der Waals surface area contributed by atoms with Crippen LogP contribution in [-0.4, -0.2) is 25.2 Å². The van der Waals surface area contributed by atoms with Gasteiger partial charge >= 0.3 is 0 Å². The van der Waals surface area contributed by atoms with Gasteiger partial charge in [0.05, 0.1) is 17.8 Å². The van der Waals surface area contributed by atoms with Crippen LogP contribution in [-0.2, 0) is 13.1 Å². The molecule has 0 aliphatic rings. The van der Waals surface area contributed by atoms with E-state index in [2.05, 4.69) is 15.4 Å². The summed E-state index contributed by atoms with van der Waals surface area (Å²) in [6, 6.07) is 16.0. The number of hydrogen-bond donors (Lipinski definition) is 1. The summed E-state index contributed by atoms with van der Waals surface area (Å²) in [7, 11) is 0. The Morgan fingerprint density at radius 1 is 1.09 bits per heavy atom. The highest BCUT2D eigenvalue weighted by Crippen LogP contribution is 2.16. The lowest BCUT2D eigenvalue weighted by Crippen LogP contribution is -2.26. The number of aryl methyl sites for hydroxylation is 2. The molecular weight excluding hydrogens is 426 g/mol. The minimum absolute atomic E-state index is 0.203. The molecule has 0 radical (unpaired) electrons. The molecule has 1 N–H and O–H groups in total. The van der Waals surface area contributed by atoms with Crippen LogP contribution in [0.1, 0.15) is 32.9 Å². The summed E-state index contributed by atoms with van der Waals surface area (Å²) in [5.41, 5.74) is 3.78. The molecule has 0 spiro atoms. The predicted octanol–water partition coefficient (Wildman–Crippen LogP) is 3.68. The number of aromatic nitrogens is 4. The summed E-state index contributed by atoms with van der Waals surface area (Å²) in [6.45, 7) is 4.51. The molecular formula is C24H22ClN5O2. The predicted molar refractivity (Wildman–Crippen MR) is 123 cm³/mol. The van der Waals surface area contributed by atoms with Crippen molar-refractivity contribution in [3.05, 3.63) is 110 Å². The molecule has 0 bridgehead atoms. The van der Waals surface area contributed by atoms with Gasteiger partial charge in [-0.25, -0.2) is 9.67 Å². The molecule has 32 heavy (non-hydrogen) atoms. The van der Waals surface area contributed by atoms with Gasteiger partial charge in [-0.2, -0.15) is 5.10 Å². The van der Waals surface area contributed by atoms with Crippen LogP contribution < -0.4 is 10.9 Å². The number of pyridine rings is 2. The van der Waals surface area contributed by atoms with Crippen molar-refractivity contribution in [1.29, 1.82) is 0 Å². The normalized spacial score (nSPS) is 10.8. The number of amides is 1. The molecule has 4 rings (SSSR count). The first-order valence-electron chi connectivity index (χ1n) is 10.1. The molecule has 1 aromatic carbocycles. The lowest BCUT2D eigenvalue weighted by Gasteiger charge is -2.10. The third-order valence-electron chi connectivity index (χ3n) is 5.03. The second-order valence-electron chi connectivity index (χ2n) is 7.52. The second-order valence-corrected chi connectivity index (χ2v) is 7.93. The number of nitrogens with one attached hydrogen (secondary N) is 1. The molecule has 0 aliphatic heterocycles. The highest BCUT2D eigenvalue weighted by molar-refractivity contribution is 6.31. The molecule has 3 heterocycles. The van der Waals surface area contributed by atoms with Gasteiger partial charge < -0.3 is 9.88 Å². The summed E-state index contributed by atoms with van der Waals surface area (Å²) >= 11 is 6.20. The maximum atomic E-state index is 12.6. The Bertz CT molecular complexity index is 1320. The first-order chi connectivity index (χ1) is 15.4. The molecule has 0 saturated carbocycles. The van der Waals surface area contributed by atoms with Crippen molar-refractivity contribution in [2.45, 2.75) is 26.9 Å². The first kappa shape index (κ1) is 21.5. The fraction of sp³-hybridized carbons (Fsp3) is 0.167. The summed E-state index contributed by atoms with van der Waals surface area (Å²) in [4.78, 5) is 29.3. The van der Waals surface area contributed by atoms with Gasteiger partial charge in [0.2, 0.25) is 0 Å². The Kier molecular flexibility index (Phi) is 6.18. The summed E-state index contributed by atoms with van der Waals surface area (Å²) < 4.78 is 3.25. The Balaban J connectivity index is 1.43. The third kappa shape index (κ3) is 4.78. The fourth-order valence-corrected chi connectivity index (χ4v) is 3.59. The van der Waals surface area contributed by atoms with Crippen LogP contribution in [0.3, 0.4) is 0 Å². The molecule has 0 fully saturated rings. The van der Waals surface area contributed by atoms with Gasteiger partial charge in [-0.3, -0.25) is 9.59 Å². The van der Waals surface area contributed by atoms with Crippen molar-refractivity contribution in [1.82, 2.24) is 24.6 Å². The minimum atomic E-state index is -0.277. The number of rotatable bonds is 6. The van der Waals surface area contributed by atoms with Gasteiger partial charge in [-0.1, -0.05) is 35.9 Å². The van der Waals surface area contributed by atoms with E-state index in [1.165, 1.54) is 16.7 Å². The van der Waals surface area contributed by atoms with Gasteiger partial charge in [0.25, 0.3) is 11.5 Å². The third-order valence-corrected chi connectivity index (χ3v) is 5.40. The molecule has 0 unspecified atom stereocenters. The fourth-order valence-electron chi connectivity index (χ4n) is 3.39. The van der Waals surface area contributed by atoms with Gasteiger partial charge in [0.1, 0.15) is 0 Å². The number of carbonyl (C=O) groups is 1. The lowest BCUT2D eigenvalue weighted by molar-refractivity contribution is 0.0950. The van der Waals surface area contributed by atoms with Gasteiger partial charge in [-0.05, 0) is 49.2 Å². The van der Waals surface area contributed by atoms with Crippen LogP contribution in [0.15, 0.2) is 71.8 Å². The van der Waals surface area contributed by atoms with Crippen molar-refractivity contribution in [2.24, 2.45) is 0 Å². The quantitative estimate of drug-likeness (QED) is 0.489. The monoisotopic (exact) mass is 447 g/mol. The van der Waals surface area contributed by atoms with E-state index in [1.54, 1.807) is 23.1 Å². The number of hydrogen-bond acceptors (Lipinski definition) is 4. The molecule has 0 saturated heterocycles. The Morgan fingerprint density at radius 3 is 2.59 bits per heavy atom. The van der Waals surface area contributed by atoms with E-state index in [1.807, 2.05) is 50.2 Å². The standard InChI is InChI=1S/C24H22ClN5O2/c1-16-11-17(2)30(28-16)22-9-7-18(12-26-22)13-27-24(32)20-8-10-23(31)29(15-20)14-19-5-3-4-6-21(19)25/h3-12,15H,13-14H2,1-2H3,(H,27,32). The maximum Gasteiger partial charge on any atom is 0.253 e. The maximum absolute atomic E-state index is 12.6. The molecule has 7 nitrogen and oxygen atoms in total. The highest BCUT2D eigenvalue weighted by atomic mass is 35.5. The average molecular weight is 448 g/mol. The van der Waals surface area contributed by atoms with Crippen LogP contribution >= 0.6 is 11.6 Å². The Hall–Kier alpha value is -3.71. The molecule has 8 heteroatoms. The summed E-state index contributed by atoms with van der Waals surface area (Å²) in [5.74, 6) is 0.442. The van der Waals surface area contributed by atoms with E-state index < -0.39 is 0 Å². The zero-order chi connectivity index (χ0) is 22.7. The van der Waals surface area contributed by atoms with Gasteiger partial charge in [-0.15, -0.1) is 0 Å². The van der Waals surface area contributed by atoms with E-state index in [-0.39, 0.29) is 18.0 Å². The number of benzene rings is 1. The molecule has 3 aromatic heterocycles. The zero-order valence-corrected chi connectivity index (χ0v) is 18.5. The van der Waals surface area contributed by atoms with Crippen LogP contribution in [0.25, 0.3) is 5.82 Å². The van der Waals surface area contributed by atoms with E-state index in [0.717, 1.165) is 28.3 Å². The average Bonchev–Trinajstić information content (AvgIpc) is 3.13. The summed E-state index contributed by atoms with van der Waals surface area (Å²) in [6.07, 6.45) is 3.26. The zero-order valence-electron chi connectivity index (χ0n) is 17.7. The van der Waals surface area contributed by atoms with E-state index >= 15 is 0 Å². The molecule has 1 amide bonds. The van der Waals surface area contributed by atoms with Crippen molar-refractivity contribution in [2.75, 3.05) is 0 Å². The second kappa shape index (κ2) is 9.20. The van der Waals surface area contributed by atoms with Crippen LogP contribution in [0.5, 0.6) is 0 Å². The number of halogens is 1. The first-order valence-corrected chi connectivity index (χ1v) is 10.5. The van der Waals surface area contributed by atoms with Crippen LogP contribution in [0, 0.1) is 13.8 Å². The lowest BCUT2D eigenvalue weighted by atomic mass is 10.2. The van der Waals surface area contributed by atoms with Crippen molar-refractivity contribution in [3.8, 4) is 5.82 Å². The van der Waals surface area contributed by atoms with Crippen molar-refractivity contribution in [3.63, 3.8) is 0 Å². The highest BCUT2D eigenvalue weighted by Gasteiger charge is 2.10.